The van der Waals surface area contributed by atoms with Crippen LogP contribution in [0.25, 0.3) is 0 Å². The number of amides is 1. The zero-order chi connectivity index (χ0) is 15.4. The number of nitrogens with two attached hydrogens (primary N) is 1. The maximum atomic E-state index is 11.4. The van der Waals surface area contributed by atoms with Gasteiger partial charge in [0.15, 0.2) is 5.76 Å². The number of nitrogens with zero attached hydrogens (tertiary/aromatic N) is 2. The molecule has 0 aliphatic carbocycles. The minimum absolute atomic E-state index is 0.184. The van der Waals surface area contributed by atoms with E-state index in [4.69, 9.17) is 15.5 Å². The molecule has 1 aromatic heterocycles. The average Bonchev–Trinajstić information content (AvgIpc) is 2.87. The molecule has 3 N–H and O–H groups in total. The lowest BCUT2D eigenvalue weighted by Crippen LogP contribution is -2.29. The molecule has 2 rings (SSSR count). The highest BCUT2D eigenvalue weighted by Crippen LogP contribution is 2.21. The third-order valence-electron chi connectivity index (χ3n) is 3.20. The number of carbonyl (C=O) groups is 1. The second-order valence-electron chi connectivity index (χ2n) is 4.68. The number of hydrogen-bond donors (Lipinski definition) is 2. The molecule has 21 heavy (non-hydrogen) atoms. The summed E-state index contributed by atoms with van der Waals surface area (Å²) in [6.45, 7) is 2.35. The molecule has 1 heterocycles. The molecule has 0 spiro atoms. The Balaban J connectivity index is 2.19. The van der Waals surface area contributed by atoms with Crippen molar-refractivity contribution in [1.29, 1.82) is 5.26 Å². The molecule has 0 aliphatic heterocycles. The van der Waals surface area contributed by atoms with E-state index in [9.17, 15) is 4.79 Å². The van der Waals surface area contributed by atoms with Crippen molar-refractivity contribution in [3.05, 3.63) is 53.0 Å². The summed E-state index contributed by atoms with van der Waals surface area (Å²) < 4.78 is 5.38. The number of furan rings is 1. The number of nitriles is 1. The molecule has 1 amide bonds. The highest BCUT2D eigenvalue weighted by molar-refractivity contribution is 5.91. The fourth-order valence-corrected chi connectivity index (χ4v) is 2.02. The van der Waals surface area contributed by atoms with E-state index < -0.39 is 5.91 Å². The molecule has 0 bridgehead atoms. The predicted molar refractivity (Wildman–Crippen MR) is 78.4 cm³/mol. The van der Waals surface area contributed by atoms with Crippen LogP contribution in [-0.2, 0) is 6.54 Å². The van der Waals surface area contributed by atoms with E-state index in [0.29, 0.717) is 17.9 Å². The molecule has 0 radical (unpaired) electrons. The highest BCUT2D eigenvalue weighted by atomic mass is 16.4. The van der Waals surface area contributed by atoms with Crippen LogP contribution in [0, 0.1) is 18.3 Å². The third-order valence-corrected chi connectivity index (χ3v) is 3.20. The van der Waals surface area contributed by atoms with Gasteiger partial charge in [-0.1, -0.05) is 6.07 Å². The van der Waals surface area contributed by atoms with Crippen molar-refractivity contribution in [3.8, 4) is 6.07 Å². The Bertz CT molecular complexity index is 700. The second kappa shape index (κ2) is 6.11. The lowest BCUT2D eigenvalue weighted by molar-refractivity contribution is 0.0924. The largest absolute Gasteiger partial charge is 0.456 e. The van der Waals surface area contributed by atoms with E-state index >= 15 is 0 Å². The number of nitrogens with one attached hydrogen (secondary N) is 1. The van der Waals surface area contributed by atoms with E-state index in [1.165, 1.54) is 0 Å². The normalized spacial score (nSPS) is 10.0. The zero-order valence-corrected chi connectivity index (χ0v) is 11.9. The number of carbonyl (C=O) groups excluding carboxylic acids is 1. The third kappa shape index (κ3) is 3.22. The standard InChI is InChI=1S/C15H16N4O2/c1-10-12(7-14(21-10)15(20)18-17)9-19(2)13-5-3-4-11(6-13)8-16/h3-7H,9,17H2,1-2H3,(H,18,20). The van der Waals surface area contributed by atoms with Crippen LogP contribution in [0.5, 0.6) is 0 Å². The van der Waals surface area contributed by atoms with Gasteiger partial charge in [0, 0.05) is 24.8 Å². The Morgan fingerprint density at radius 1 is 1.48 bits per heavy atom. The first-order valence-electron chi connectivity index (χ1n) is 6.36. The van der Waals surface area contributed by atoms with Crippen LogP contribution < -0.4 is 16.2 Å². The van der Waals surface area contributed by atoms with Crippen LogP contribution in [0.4, 0.5) is 5.69 Å². The van der Waals surface area contributed by atoms with Gasteiger partial charge in [0.25, 0.3) is 0 Å². The molecular formula is C15H16N4O2. The molecule has 1 aromatic carbocycles. The van der Waals surface area contributed by atoms with Crippen molar-refractivity contribution >= 4 is 11.6 Å². The molecule has 0 fully saturated rings. The molecule has 6 nitrogen and oxygen atoms in total. The van der Waals surface area contributed by atoms with Crippen LogP contribution in [0.1, 0.15) is 27.4 Å². The van der Waals surface area contributed by atoms with Gasteiger partial charge < -0.3 is 9.32 Å². The lowest BCUT2D eigenvalue weighted by atomic mass is 10.2. The Morgan fingerprint density at radius 2 is 2.24 bits per heavy atom. The number of anilines is 1. The van der Waals surface area contributed by atoms with Crippen LogP contribution in [0.3, 0.4) is 0 Å². The summed E-state index contributed by atoms with van der Waals surface area (Å²) in [5, 5.41) is 8.93. The summed E-state index contributed by atoms with van der Waals surface area (Å²) in [6.07, 6.45) is 0. The van der Waals surface area contributed by atoms with Crippen molar-refractivity contribution in [1.82, 2.24) is 5.43 Å². The number of rotatable bonds is 4. The number of hydrogen-bond acceptors (Lipinski definition) is 5. The molecular weight excluding hydrogens is 268 g/mol. The monoisotopic (exact) mass is 284 g/mol. The molecule has 6 heteroatoms. The van der Waals surface area contributed by atoms with Gasteiger partial charge in [-0.05, 0) is 31.2 Å². The van der Waals surface area contributed by atoms with E-state index in [1.54, 1.807) is 19.1 Å². The van der Waals surface area contributed by atoms with Gasteiger partial charge in [-0.15, -0.1) is 0 Å². The van der Waals surface area contributed by atoms with Crippen molar-refractivity contribution in [2.75, 3.05) is 11.9 Å². The first kappa shape index (κ1) is 14.6. The van der Waals surface area contributed by atoms with Gasteiger partial charge in [0.2, 0.25) is 0 Å². The first-order chi connectivity index (χ1) is 10.0. The minimum Gasteiger partial charge on any atom is -0.456 e. The second-order valence-corrected chi connectivity index (χ2v) is 4.68. The maximum absolute atomic E-state index is 11.4. The topological polar surface area (TPSA) is 95.3 Å². The lowest BCUT2D eigenvalue weighted by Gasteiger charge is -2.19. The van der Waals surface area contributed by atoms with Gasteiger partial charge in [-0.25, -0.2) is 5.84 Å². The Morgan fingerprint density at radius 3 is 2.90 bits per heavy atom. The van der Waals surface area contributed by atoms with E-state index in [-0.39, 0.29) is 5.76 Å². The predicted octanol–water partition coefficient (Wildman–Crippen LogP) is 1.70. The van der Waals surface area contributed by atoms with Gasteiger partial charge >= 0.3 is 5.91 Å². The quantitative estimate of drug-likeness (QED) is 0.506. The number of nitrogen functional groups attached to an aromatic ring is 1. The van der Waals surface area contributed by atoms with Crippen molar-refractivity contribution < 1.29 is 9.21 Å². The van der Waals surface area contributed by atoms with E-state index in [2.05, 4.69) is 6.07 Å². The SMILES string of the molecule is Cc1oc(C(=O)NN)cc1CN(C)c1cccc(C#N)c1. The molecule has 0 saturated heterocycles. The summed E-state index contributed by atoms with van der Waals surface area (Å²) >= 11 is 0. The summed E-state index contributed by atoms with van der Waals surface area (Å²) in [7, 11) is 1.91. The van der Waals surface area contributed by atoms with Gasteiger partial charge in [-0.2, -0.15) is 5.26 Å². The maximum Gasteiger partial charge on any atom is 0.300 e. The van der Waals surface area contributed by atoms with Gasteiger partial charge in [-0.3, -0.25) is 10.2 Å². The van der Waals surface area contributed by atoms with Crippen molar-refractivity contribution in [3.63, 3.8) is 0 Å². The Labute approximate surface area is 122 Å². The van der Waals surface area contributed by atoms with Crippen LogP contribution in [-0.4, -0.2) is 13.0 Å². The van der Waals surface area contributed by atoms with Crippen molar-refractivity contribution in [2.45, 2.75) is 13.5 Å². The number of hydrazine groups is 1. The first-order valence-corrected chi connectivity index (χ1v) is 6.36. The van der Waals surface area contributed by atoms with Crippen LogP contribution >= 0.6 is 0 Å². The molecule has 108 valence electrons. The molecule has 2 aromatic rings. The van der Waals surface area contributed by atoms with Gasteiger partial charge in [0.05, 0.1) is 11.6 Å². The zero-order valence-electron chi connectivity index (χ0n) is 11.9. The van der Waals surface area contributed by atoms with E-state index in [0.717, 1.165) is 11.3 Å². The minimum atomic E-state index is -0.460. The summed E-state index contributed by atoms with van der Waals surface area (Å²) in [6, 6.07) is 11.1. The summed E-state index contributed by atoms with van der Waals surface area (Å²) in [5.74, 6) is 5.48. The van der Waals surface area contributed by atoms with Crippen LogP contribution in [0.2, 0.25) is 0 Å². The smallest absolute Gasteiger partial charge is 0.300 e. The van der Waals surface area contributed by atoms with E-state index in [1.807, 2.05) is 35.6 Å². The summed E-state index contributed by atoms with van der Waals surface area (Å²) in [4.78, 5) is 13.4. The Hall–Kier alpha value is -2.78. The van der Waals surface area contributed by atoms with Crippen LogP contribution in [0.15, 0.2) is 34.7 Å². The average molecular weight is 284 g/mol. The number of aryl methyl sites for hydroxylation is 1. The fourth-order valence-electron chi connectivity index (χ4n) is 2.02. The number of benzene rings is 1. The molecule has 0 unspecified atom stereocenters. The fraction of sp³-hybridized carbons (Fsp3) is 0.200. The Kier molecular flexibility index (Phi) is 4.26. The highest BCUT2D eigenvalue weighted by Gasteiger charge is 2.15. The summed E-state index contributed by atoms with van der Waals surface area (Å²) in [5.41, 5.74) is 4.45. The molecule has 0 saturated carbocycles. The van der Waals surface area contributed by atoms with Gasteiger partial charge in [0.1, 0.15) is 5.76 Å². The molecule has 0 aliphatic rings. The molecule has 0 atom stereocenters. The van der Waals surface area contributed by atoms with Crippen molar-refractivity contribution in [2.24, 2.45) is 5.84 Å².